The molecule has 0 amide bonds. The summed E-state index contributed by atoms with van der Waals surface area (Å²) >= 11 is 0. The van der Waals surface area contributed by atoms with Crippen molar-refractivity contribution in [2.24, 2.45) is 0 Å². The quantitative estimate of drug-likeness (QED) is 0.446. The zero-order chi connectivity index (χ0) is 23.1. The molecule has 3 aromatic heterocycles. The molecule has 0 saturated carbocycles. The molecule has 1 saturated heterocycles. The van der Waals surface area contributed by atoms with Gasteiger partial charge in [0.05, 0.1) is 24.1 Å². The normalized spacial score (nSPS) is 18.4. The van der Waals surface area contributed by atoms with Crippen molar-refractivity contribution >= 4 is 16.6 Å². The Kier molecular flexibility index (Phi) is 5.69. The maximum atomic E-state index is 14.9. The van der Waals surface area contributed by atoms with E-state index in [9.17, 15) is 19.4 Å². The number of piperidine rings is 1. The number of aliphatic hydroxyl groups excluding tert-OH is 2. The van der Waals surface area contributed by atoms with E-state index in [0.29, 0.717) is 18.6 Å². The van der Waals surface area contributed by atoms with Crippen LogP contribution in [0.5, 0.6) is 0 Å². The van der Waals surface area contributed by atoms with Crippen LogP contribution in [-0.2, 0) is 6.54 Å². The SMILES string of the molecule is CC(CO)c1nc(-c2ncn3c2c(=O)n(CCN2CCCC(O)C2)c2c(F)cccc23)no1. The summed E-state index contributed by atoms with van der Waals surface area (Å²) in [5, 5.41) is 23.3. The van der Waals surface area contributed by atoms with E-state index in [-0.39, 0.29) is 53.6 Å². The number of rotatable bonds is 6. The number of likely N-dealkylation sites (tertiary alicyclic amines) is 1. The van der Waals surface area contributed by atoms with E-state index < -0.39 is 11.4 Å². The Labute approximate surface area is 187 Å². The summed E-state index contributed by atoms with van der Waals surface area (Å²) in [7, 11) is 0. The minimum absolute atomic E-state index is 0.131. The molecule has 1 aliphatic heterocycles. The Morgan fingerprint density at radius 3 is 2.94 bits per heavy atom. The van der Waals surface area contributed by atoms with Crippen LogP contribution in [-0.4, -0.2) is 71.6 Å². The molecular formula is C22H25FN6O4. The molecule has 33 heavy (non-hydrogen) atoms. The zero-order valence-electron chi connectivity index (χ0n) is 18.2. The van der Waals surface area contributed by atoms with Gasteiger partial charge in [0.2, 0.25) is 11.7 Å². The highest BCUT2D eigenvalue weighted by molar-refractivity contribution is 5.84. The van der Waals surface area contributed by atoms with Gasteiger partial charge in [-0.1, -0.05) is 18.1 Å². The van der Waals surface area contributed by atoms with Gasteiger partial charge in [-0.05, 0) is 31.5 Å². The molecule has 10 nitrogen and oxygen atoms in total. The van der Waals surface area contributed by atoms with Crippen LogP contribution in [0.2, 0.25) is 0 Å². The van der Waals surface area contributed by atoms with Gasteiger partial charge in [-0.15, -0.1) is 0 Å². The number of halogens is 1. The van der Waals surface area contributed by atoms with Crippen LogP contribution in [0.4, 0.5) is 4.39 Å². The summed E-state index contributed by atoms with van der Waals surface area (Å²) in [5.41, 5.74) is 0.720. The van der Waals surface area contributed by atoms with Crippen LogP contribution in [0.15, 0.2) is 33.8 Å². The fourth-order valence-corrected chi connectivity index (χ4v) is 4.39. The Balaban J connectivity index is 1.63. The van der Waals surface area contributed by atoms with Gasteiger partial charge >= 0.3 is 0 Å². The predicted molar refractivity (Wildman–Crippen MR) is 117 cm³/mol. The first kappa shape index (κ1) is 21.7. The second-order valence-electron chi connectivity index (χ2n) is 8.51. The molecular weight excluding hydrogens is 431 g/mol. The molecule has 2 atom stereocenters. The molecule has 0 spiro atoms. The summed E-state index contributed by atoms with van der Waals surface area (Å²) in [4.78, 5) is 24.3. The molecule has 4 heterocycles. The van der Waals surface area contributed by atoms with E-state index in [4.69, 9.17) is 4.52 Å². The van der Waals surface area contributed by atoms with Crippen molar-refractivity contribution in [3.63, 3.8) is 0 Å². The molecule has 1 aliphatic rings. The number of hydrogen-bond acceptors (Lipinski definition) is 8. The predicted octanol–water partition coefficient (Wildman–Crippen LogP) is 1.39. The molecule has 11 heteroatoms. The molecule has 174 valence electrons. The first-order valence-electron chi connectivity index (χ1n) is 11.0. The highest BCUT2D eigenvalue weighted by Gasteiger charge is 2.24. The minimum atomic E-state index is -0.501. The molecule has 1 fully saturated rings. The van der Waals surface area contributed by atoms with Crippen LogP contribution in [0.3, 0.4) is 0 Å². The number of para-hydroxylation sites is 1. The first-order valence-corrected chi connectivity index (χ1v) is 11.0. The maximum absolute atomic E-state index is 14.9. The van der Waals surface area contributed by atoms with Crippen LogP contribution in [0.1, 0.15) is 31.6 Å². The molecule has 5 rings (SSSR count). The maximum Gasteiger partial charge on any atom is 0.277 e. The molecule has 2 N–H and O–H groups in total. The van der Waals surface area contributed by atoms with Gasteiger partial charge in [-0.3, -0.25) is 14.1 Å². The Morgan fingerprint density at radius 2 is 2.15 bits per heavy atom. The lowest BCUT2D eigenvalue weighted by atomic mass is 10.1. The fourth-order valence-electron chi connectivity index (χ4n) is 4.39. The van der Waals surface area contributed by atoms with E-state index in [1.54, 1.807) is 23.5 Å². The second kappa shape index (κ2) is 8.65. The van der Waals surface area contributed by atoms with Crippen LogP contribution < -0.4 is 5.56 Å². The monoisotopic (exact) mass is 456 g/mol. The number of hydrogen-bond donors (Lipinski definition) is 2. The number of β-amino-alcohol motifs (C(OH)–C–C–N with tert-alkyl or cyclic N) is 1. The van der Waals surface area contributed by atoms with Crippen molar-refractivity contribution in [1.29, 1.82) is 0 Å². The largest absolute Gasteiger partial charge is 0.396 e. The molecule has 1 aromatic carbocycles. The van der Waals surface area contributed by atoms with Crippen molar-refractivity contribution in [2.45, 2.75) is 38.3 Å². The van der Waals surface area contributed by atoms with E-state index in [1.807, 2.05) is 0 Å². The number of aromatic nitrogens is 5. The summed E-state index contributed by atoms with van der Waals surface area (Å²) in [6, 6.07) is 4.64. The average Bonchev–Trinajstić information content (AvgIpc) is 3.46. The van der Waals surface area contributed by atoms with Gasteiger partial charge < -0.3 is 19.3 Å². The third-order valence-electron chi connectivity index (χ3n) is 6.18. The third kappa shape index (κ3) is 3.81. The van der Waals surface area contributed by atoms with Gasteiger partial charge in [0.1, 0.15) is 28.9 Å². The molecule has 2 unspecified atom stereocenters. The van der Waals surface area contributed by atoms with Crippen molar-refractivity contribution in [1.82, 2.24) is 29.0 Å². The lowest BCUT2D eigenvalue weighted by Gasteiger charge is -2.30. The lowest BCUT2D eigenvalue weighted by Crippen LogP contribution is -2.41. The van der Waals surface area contributed by atoms with Gasteiger partial charge in [0.15, 0.2) is 0 Å². The van der Waals surface area contributed by atoms with Crippen molar-refractivity contribution in [2.75, 3.05) is 26.2 Å². The zero-order valence-corrected chi connectivity index (χ0v) is 18.2. The number of benzene rings is 1. The first-order chi connectivity index (χ1) is 16.0. The van der Waals surface area contributed by atoms with Crippen LogP contribution >= 0.6 is 0 Å². The van der Waals surface area contributed by atoms with Crippen LogP contribution in [0.25, 0.3) is 28.1 Å². The highest BCUT2D eigenvalue weighted by Crippen LogP contribution is 2.25. The minimum Gasteiger partial charge on any atom is -0.396 e. The number of fused-ring (bicyclic) bond motifs is 3. The van der Waals surface area contributed by atoms with Crippen molar-refractivity contribution in [3.8, 4) is 11.5 Å². The van der Waals surface area contributed by atoms with Crippen LogP contribution in [0, 0.1) is 5.82 Å². The molecule has 4 aromatic rings. The van der Waals surface area contributed by atoms with E-state index >= 15 is 0 Å². The third-order valence-corrected chi connectivity index (χ3v) is 6.18. The highest BCUT2D eigenvalue weighted by atomic mass is 19.1. The lowest BCUT2D eigenvalue weighted by molar-refractivity contribution is 0.0689. The number of nitrogens with zero attached hydrogens (tertiary/aromatic N) is 6. The number of aliphatic hydroxyl groups is 2. The topological polar surface area (TPSA) is 122 Å². The van der Waals surface area contributed by atoms with Gasteiger partial charge in [0, 0.05) is 19.6 Å². The Bertz CT molecular complexity index is 1360. The smallest absolute Gasteiger partial charge is 0.277 e. The van der Waals surface area contributed by atoms with E-state index in [1.165, 1.54) is 17.0 Å². The Morgan fingerprint density at radius 1 is 1.30 bits per heavy atom. The van der Waals surface area contributed by atoms with Gasteiger partial charge in [-0.2, -0.15) is 4.98 Å². The molecule has 0 aliphatic carbocycles. The second-order valence-corrected chi connectivity index (χ2v) is 8.51. The van der Waals surface area contributed by atoms with Gasteiger partial charge in [-0.25, -0.2) is 9.37 Å². The summed E-state index contributed by atoms with van der Waals surface area (Å²) in [5.74, 6) is -0.485. The van der Waals surface area contributed by atoms with E-state index in [2.05, 4.69) is 20.0 Å². The molecule has 0 radical (unpaired) electrons. The molecule has 0 bridgehead atoms. The standard InChI is InChI=1S/C22H25FN6O4/c1-13(11-30)21-25-20(26-33-21)17-19-22(32)28(9-8-27-7-3-4-14(31)10-27)18-15(23)5-2-6-16(18)29(19)12-24-17/h2,5-6,12-14,30-31H,3-4,7-11H2,1H3. The summed E-state index contributed by atoms with van der Waals surface area (Å²) < 4.78 is 23.1. The van der Waals surface area contributed by atoms with E-state index in [0.717, 1.165) is 19.4 Å². The summed E-state index contributed by atoms with van der Waals surface area (Å²) in [6.45, 7) is 3.69. The Hall–Kier alpha value is -3.15. The fraction of sp³-hybridized carbons (Fsp3) is 0.455. The van der Waals surface area contributed by atoms with Gasteiger partial charge in [0.25, 0.3) is 5.56 Å². The van der Waals surface area contributed by atoms with Crippen molar-refractivity contribution in [3.05, 3.63) is 46.6 Å². The number of imidazole rings is 1. The summed E-state index contributed by atoms with van der Waals surface area (Å²) in [6.07, 6.45) is 2.70. The van der Waals surface area contributed by atoms with Crippen molar-refractivity contribution < 1.29 is 19.1 Å². The average molecular weight is 456 g/mol.